The predicted octanol–water partition coefficient (Wildman–Crippen LogP) is 3.91. The van der Waals surface area contributed by atoms with Crippen LogP contribution in [0.1, 0.15) is 35.0 Å². The van der Waals surface area contributed by atoms with E-state index in [2.05, 4.69) is 0 Å². The highest BCUT2D eigenvalue weighted by atomic mass is 16.5. The first kappa shape index (κ1) is 22.8. The molecule has 1 aromatic heterocycles. The monoisotopic (exact) mass is 479 g/mol. The average Bonchev–Trinajstić information content (AvgIpc) is 3.59. The van der Waals surface area contributed by atoms with Crippen molar-refractivity contribution < 1.29 is 38.4 Å². The molecule has 2 aliphatic heterocycles. The zero-order valence-corrected chi connectivity index (χ0v) is 19.3. The maximum atomic E-state index is 13.7. The number of aromatic hydroxyl groups is 1. The van der Waals surface area contributed by atoms with Crippen LogP contribution in [0.25, 0.3) is 11.0 Å². The zero-order chi connectivity index (χ0) is 24.7. The van der Waals surface area contributed by atoms with E-state index in [-0.39, 0.29) is 35.5 Å². The fourth-order valence-electron chi connectivity index (χ4n) is 4.75. The minimum absolute atomic E-state index is 0.0412. The van der Waals surface area contributed by atoms with Gasteiger partial charge in [0.15, 0.2) is 34.4 Å². The highest BCUT2D eigenvalue weighted by molar-refractivity contribution is 6.16. The number of carbonyl (C=O) groups is 2. The van der Waals surface area contributed by atoms with E-state index in [4.69, 9.17) is 18.6 Å². The van der Waals surface area contributed by atoms with Gasteiger partial charge in [-0.25, -0.2) is 0 Å². The van der Waals surface area contributed by atoms with Crippen LogP contribution < -0.4 is 9.47 Å². The largest absolute Gasteiger partial charge is 0.504 e. The Morgan fingerprint density at radius 3 is 2.60 bits per heavy atom. The van der Waals surface area contributed by atoms with Crippen molar-refractivity contribution in [2.75, 3.05) is 27.4 Å². The Kier molecular flexibility index (Phi) is 5.86. The Labute approximate surface area is 201 Å². The van der Waals surface area contributed by atoms with Crippen LogP contribution in [0.3, 0.4) is 0 Å². The number of para-hydroxylation sites is 1. The number of aliphatic hydroxyl groups is 1. The molecule has 1 fully saturated rings. The van der Waals surface area contributed by atoms with Crippen LogP contribution in [0, 0.1) is 0 Å². The maximum absolute atomic E-state index is 13.7. The quantitative estimate of drug-likeness (QED) is 0.490. The lowest BCUT2D eigenvalue weighted by Crippen LogP contribution is -2.37. The number of phenolic OH excluding ortho intramolecular Hbond substituents is 1. The summed E-state index contributed by atoms with van der Waals surface area (Å²) in [6.07, 6.45) is 1.41. The van der Waals surface area contributed by atoms with Crippen molar-refractivity contribution in [3.05, 3.63) is 65.1 Å². The van der Waals surface area contributed by atoms with E-state index >= 15 is 0 Å². The van der Waals surface area contributed by atoms with Crippen LogP contribution in [0.2, 0.25) is 0 Å². The Balaban J connectivity index is 1.59. The number of hydrogen-bond acceptors (Lipinski definition) is 8. The molecule has 2 unspecified atom stereocenters. The minimum atomic E-state index is -0.953. The third-order valence-electron chi connectivity index (χ3n) is 6.44. The molecule has 2 aliphatic rings. The van der Waals surface area contributed by atoms with Crippen LogP contribution in [0.5, 0.6) is 17.2 Å². The molecule has 9 heteroatoms. The van der Waals surface area contributed by atoms with Crippen molar-refractivity contribution in [2.24, 2.45) is 0 Å². The summed E-state index contributed by atoms with van der Waals surface area (Å²) in [7, 11) is 2.92. The molecule has 2 N–H and O–H groups in total. The van der Waals surface area contributed by atoms with Crippen LogP contribution in [0.4, 0.5) is 0 Å². The van der Waals surface area contributed by atoms with Gasteiger partial charge in [-0.05, 0) is 42.7 Å². The van der Waals surface area contributed by atoms with Crippen molar-refractivity contribution in [3.8, 4) is 17.2 Å². The molecule has 2 atom stereocenters. The number of aliphatic hydroxyl groups excluding tert-OH is 1. The third-order valence-corrected chi connectivity index (χ3v) is 6.44. The van der Waals surface area contributed by atoms with Gasteiger partial charge in [-0.3, -0.25) is 9.59 Å². The number of fused-ring (bicyclic) bond motifs is 1. The molecule has 0 radical (unpaired) electrons. The van der Waals surface area contributed by atoms with Crippen molar-refractivity contribution >= 4 is 22.7 Å². The van der Waals surface area contributed by atoms with E-state index in [0.717, 1.165) is 12.8 Å². The lowest BCUT2D eigenvalue weighted by molar-refractivity contribution is -0.131. The summed E-state index contributed by atoms with van der Waals surface area (Å²) in [5.41, 5.74) is 0.698. The summed E-state index contributed by atoms with van der Waals surface area (Å²) in [6, 6.07) is 10.5. The topological polar surface area (TPSA) is 119 Å². The van der Waals surface area contributed by atoms with Gasteiger partial charge in [0.1, 0.15) is 0 Å². The van der Waals surface area contributed by atoms with Crippen LogP contribution >= 0.6 is 0 Å². The van der Waals surface area contributed by atoms with Gasteiger partial charge in [0, 0.05) is 18.5 Å². The summed E-state index contributed by atoms with van der Waals surface area (Å²) in [4.78, 5) is 28.3. The van der Waals surface area contributed by atoms with Gasteiger partial charge >= 0.3 is 0 Å². The molecule has 9 nitrogen and oxygen atoms in total. The van der Waals surface area contributed by atoms with Crippen LogP contribution in [0.15, 0.2) is 58.2 Å². The fraction of sp³-hybridized carbons (Fsp3) is 0.308. The van der Waals surface area contributed by atoms with Crippen molar-refractivity contribution in [1.82, 2.24) is 4.90 Å². The first-order chi connectivity index (χ1) is 16.9. The zero-order valence-electron chi connectivity index (χ0n) is 19.3. The van der Waals surface area contributed by atoms with Gasteiger partial charge < -0.3 is 33.7 Å². The number of methoxy groups -OCH3 is 2. The van der Waals surface area contributed by atoms with Crippen LogP contribution in [-0.4, -0.2) is 60.3 Å². The molecule has 0 spiro atoms. The lowest BCUT2D eigenvalue weighted by Gasteiger charge is -2.29. The maximum Gasteiger partial charge on any atom is 0.290 e. The Bertz CT molecular complexity index is 1330. The molecule has 3 heterocycles. The van der Waals surface area contributed by atoms with Gasteiger partial charge in [0.25, 0.3) is 5.91 Å². The first-order valence-corrected chi connectivity index (χ1v) is 11.3. The Hall–Kier alpha value is -3.98. The van der Waals surface area contributed by atoms with E-state index < -0.39 is 23.5 Å². The number of ether oxygens (including phenoxy) is 3. The van der Waals surface area contributed by atoms with Gasteiger partial charge in [-0.1, -0.05) is 18.2 Å². The van der Waals surface area contributed by atoms with E-state index in [1.54, 1.807) is 36.4 Å². The summed E-state index contributed by atoms with van der Waals surface area (Å²) in [5, 5.41) is 21.9. The molecular formula is C26H25NO8. The SMILES string of the molecule is COc1ccc(C2C(C(=O)c3cc4cccc(OC)c4o3)=C(O)C(=O)N2CC2CCCO2)cc1O. The standard InChI is InChI=1S/C26H25NO8/c1-32-18-9-8-14(11-17(18)28)22-21(24(30)26(31)27(22)13-16-6-4-10-34-16)23(29)20-12-15-5-3-7-19(33-2)25(15)35-20/h3,5,7-9,11-12,16,22,28,30H,4,6,10,13H2,1-2H3. The van der Waals surface area contributed by atoms with E-state index in [1.165, 1.54) is 25.2 Å². The second-order valence-electron chi connectivity index (χ2n) is 8.51. The van der Waals surface area contributed by atoms with E-state index in [9.17, 15) is 19.8 Å². The number of carbonyl (C=O) groups excluding carboxylic acids is 2. The summed E-state index contributed by atoms with van der Waals surface area (Å²) >= 11 is 0. The van der Waals surface area contributed by atoms with Gasteiger partial charge in [-0.15, -0.1) is 0 Å². The molecule has 0 aliphatic carbocycles. The summed E-state index contributed by atoms with van der Waals surface area (Å²) in [5.74, 6) is -1.46. The highest BCUT2D eigenvalue weighted by Gasteiger charge is 2.45. The number of rotatable bonds is 7. The molecule has 1 saturated heterocycles. The Morgan fingerprint density at radius 1 is 1.11 bits per heavy atom. The molecule has 35 heavy (non-hydrogen) atoms. The van der Waals surface area contributed by atoms with E-state index in [1.807, 2.05) is 0 Å². The first-order valence-electron chi connectivity index (χ1n) is 11.3. The highest BCUT2D eigenvalue weighted by Crippen LogP contribution is 2.42. The van der Waals surface area contributed by atoms with Gasteiger partial charge in [0.2, 0.25) is 5.78 Å². The molecule has 3 aromatic rings. The van der Waals surface area contributed by atoms with Crippen LogP contribution in [-0.2, 0) is 9.53 Å². The van der Waals surface area contributed by atoms with Crippen molar-refractivity contribution in [3.63, 3.8) is 0 Å². The molecule has 1 amide bonds. The number of Topliss-reactive ketones (excluding diaryl/α,β-unsaturated/α-hetero) is 1. The number of hydrogen-bond donors (Lipinski definition) is 2. The smallest absolute Gasteiger partial charge is 0.290 e. The molecule has 0 bridgehead atoms. The molecule has 182 valence electrons. The summed E-state index contributed by atoms with van der Waals surface area (Å²) < 4.78 is 22.0. The van der Waals surface area contributed by atoms with Gasteiger partial charge in [-0.2, -0.15) is 0 Å². The van der Waals surface area contributed by atoms with Gasteiger partial charge in [0.05, 0.1) is 31.9 Å². The van der Waals surface area contributed by atoms with Crippen molar-refractivity contribution in [2.45, 2.75) is 25.0 Å². The second-order valence-corrected chi connectivity index (χ2v) is 8.51. The molecule has 5 rings (SSSR count). The number of benzene rings is 2. The molecule has 0 saturated carbocycles. The molecule has 2 aromatic carbocycles. The number of ketones is 1. The lowest BCUT2D eigenvalue weighted by atomic mass is 9.94. The second kappa shape index (κ2) is 8.99. The predicted molar refractivity (Wildman–Crippen MR) is 125 cm³/mol. The minimum Gasteiger partial charge on any atom is -0.504 e. The van der Waals surface area contributed by atoms with E-state index in [0.29, 0.717) is 28.9 Å². The number of nitrogens with zero attached hydrogens (tertiary/aromatic N) is 1. The third kappa shape index (κ3) is 3.87. The fourth-order valence-corrected chi connectivity index (χ4v) is 4.75. The average molecular weight is 479 g/mol. The van der Waals surface area contributed by atoms with Crippen molar-refractivity contribution in [1.29, 1.82) is 0 Å². The number of furan rings is 1. The number of phenols is 1. The normalized spacial score (nSPS) is 20.2. The summed E-state index contributed by atoms with van der Waals surface area (Å²) in [6.45, 7) is 0.776. The molecular weight excluding hydrogens is 454 g/mol. The number of amides is 1. The Morgan fingerprint density at radius 2 is 1.91 bits per heavy atom.